The zero-order chi connectivity index (χ0) is 15.1. The van der Waals surface area contributed by atoms with Crippen molar-refractivity contribution in [2.24, 2.45) is 0 Å². The molecule has 1 aromatic carbocycles. The molecule has 0 aliphatic heterocycles. The van der Waals surface area contributed by atoms with Crippen LogP contribution in [0.1, 0.15) is 25.5 Å². The first kappa shape index (κ1) is 17.4. The minimum absolute atomic E-state index is 0.528. The molecule has 1 rings (SSSR count). The molecule has 0 amide bonds. The molecule has 0 aliphatic carbocycles. The van der Waals surface area contributed by atoms with Gasteiger partial charge in [0.05, 0.1) is 0 Å². The highest BCUT2D eigenvalue weighted by atomic mass is 79.9. The van der Waals surface area contributed by atoms with E-state index >= 15 is 0 Å². The van der Waals surface area contributed by atoms with Crippen molar-refractivity contribution < 1.29 is 9.90 Å². The molecule has 20 heavy (non-hydrogen) atoms. The number of carboxylic acid groups (broad SMARTS) is 1. The molecule has 0 fully saturated rings. The third kappa shape index (κ3) is 5.05. The molecule has 6 heteroatoms. The summed E-state index contributed by atoms with van der Waals surface area (Å²) in [6.07, 6.45) is 0. The topological polar surface area (TPSA) is 52.6 Å². The summed E-state index contributed by atoms with van der Waals surface area (Å²) >= 11 is 9.32. The van der Waals surface area contributed by atoms with Gasteiger partial charge in [-0.25, -0.2) is 0 Å². The lowest BCUT2D eigenvalue weighted by atomic mass is 10.1. The minimum Gasteiger partial charge on any atom is -0.480 e. The van der Waals surface area contributed by atoms with Crippen LogP contribution in [0.2, 0.25) is 5.02 Å². The van der Waals surface area contributed by atoms with Crippen LogP contribution in [-0.4, -0.2) is 42.2 Å². The normalized spacial score (nSPS) is 12.7. The molecule has 4 nitrogen and oxygen atoms in total. The van der Waals surface area contributed by atoms with E-state index in [0.29, 0.717) is 17.1 Å². The van der Waals surface area contributed by atoms with Crippen molar-refractivity contribution in [2.75, 3.05) is 26.2 Å². The maximum atomic E-state index is 11.4. The number of likely N-dealkylation sites (N-methyl/N-ethyl adjacent to an activating group) is 1. The van der Waals surface area contributed by atoms with Crippen molar-refractivity contribution in [3.05, 3.63) is 33.3 Å². The molecule has 0 saturated heterocycles. The number of rotatable bonds is 8. The number of halogens is 2. The molecule has 0 aromatic heterocycles. The van der Waals surface area contributed by atoms with Crippen molar-refractivity contribution in [1.29, 1.82) is 0 Å². The number of aliphatic carboxylic acids is 1. The van der Waals surface area contributed by atoms with Gasteiger partial charge < -0.3 is 10.0 Å². The van der Waals surface area contributed by atoms with E-state index in [2.05, 4.69) is 40.0 Å². The maximum Gasteiger partial charge on any atom is 0.325 e. The molecule has 1 atom stereocenters. The number of hydrogen-bond acceptors (Lipinski definition) is 3. The van der Waals surface area contributed by atoms with Gasteiger partial charge in [-0.2, -0.15) is 0 Å². The van der Waals surface area contributed by atoms with E-state index in [-0.39, 0.29) is 0 Å². The third-order valence-corrected chi connectivity index (χ3v) is 4.14. The number of nitrogens with one attached hydrogen (secondary N) is 1. The lowest BCUT2D eigenvalue weighted by Crippen LogP contribution is -2.36. The quantitative estimate of drug-likeness (QED) is 0.745. The average Bonchev–Trinajstić information content (AvgIpc) is 2.42. The Labute approximate surface area is 133 Å². The molecule has 1 unspecified atom stereocenters. The molecule has 0 spiro atoms. The predicted molar refractivity (Wildman–Crippen MR) is 85.3 cm³/mol. The Morgan fingerprint density at radius 2 is 2.10 bits per heavy atom. The summed E-state index contributed by atoms with van der Waals surface area (Å²) < 4.78 is 0.740. The van der Waals surface area contributed by atoms with E-state index in [1.54, 1.807) is 18.2 Å². The zero-order valence-corrected chi connectivity index (χ0v) is 14.0. The average molecular weight is 364 g/mol. The van der Waals surface area contributed by atoms with Crippen LogP contribution in [0.5, 0.6) is 0 Å². The van der Waals surface area contributed by atoms with Gasteiger partial charge in [-0.15, -0.1) is 0 Å². The third-order valence-electron chi connectivity index (χ3n) is 3.19. The highest BCUT2D eigenvalue weighted by Gasteiger charge is 2.21. The monoisotopic (exact) mass is 362 g/mol. The van der Waals surface area contributed by atoms with Crippen LogP contribution in [0.3, 0.4) is 0 Å². The molecule has 1 aromatic rings. The van der Waals surface area contributed by atoms with Crippen molar-refractivity contribution in [3.63, 3.8) is 0 Å². The second-order valence-electron chi connectivity index (χ2n) is 4.42. The SMILES string of the molecule is CCN(CC)CCNC(C(=O)O)c1cc(Cl)ccc1Br. The molecule has 0 radical (unpaired) electrons. The van der Waals surface area contributed by atoms with Crippen LogP contribution < -0.4 is 5.32 Å². The molecule has 0 heterocycles. The van der Waals surface area contributed by atoms with Crippen LogP contribution in [0, 0.1) is 0 Å². The summed E-state index contributed by atoms with van der Waals surface area (Å²) in [6, 6.07) is 4.40. The Bertz CT molecular complexity index is 453. The molecular formula is C14H20BrClN2O2. The summed E-state index contributed by atoms with van der Waals surface area (Å²) in [5.41, 5.74) is 0.643. The van der Waals surface area contributed by atoms with E-state index in [9.17, 15) is 9.90 Å². The van der Waals surface area contributed by atoms with Crippen molar-refractivity contribution in [3.8, 4) is 0 Å². The summed E-state index contributed by atoms with van der Waals surface area (Å²) in [4.78, 5) is 13.7. The van der Waals surface area contributed by atoms with Crippen molar-refractivity contribution >= 4 is 33.5 Å². The highest BCUT2D eigenvalue weighted by molar-refractivity contribution is 9.10. The standard InChI is InChI=1S/C14H20BrClN2O2/c1-3-18(4-2)8-7-17-13(14(19)20)11-9-10(16)5-6-12(11)15/h5-6,9,13,17H,3-4,7-8H2,1-2H3,(H,19,20). The van der Waals surface area contributed by atoms with E-state index in [1.807, 2.05) is 0 Å². The van der Waals surface area contributed by atoms with Crippen LogP contribution in [0.15, 0.2) is 22.7 Å². The highest BCUT2D eigenvalue weighted by Crippen LogP contribution is 2.27. The number of hydrogen-bond donors (Lipinski definition) is 2. The number of benzene rings is 1. The largest absolute Gasteiger partial charge is 0.480 e. The fourth-order valence-electron chi connectivity index (χ4n) is 1.97. The van der Waals surface area contributed by atoms with Gasteiger partial charge >= 0.3 is 5.97 Å². The first-order valence-corrected chi connectivity index (χ1v) is 7.80. The fraction of sp³-hybridized carbons (Fsp3) is 0.500. The Morgan fingerprint density at radius 3 is 2.65 bits per heavy atom. The number of carboxylic acids is 1. The van der Waals surface area contributed by atoms with E-state index < -0.39 is 12.0 Å². The summed E-state index contributed by atoms with van der Waals surface area (Å²) in [5, 5.41) is 13.0. The fourth-order valence-corrected chi connectivity index (χ4v) is 2.63. The van der Waals surface area contributed by atoms with E-state index in [4.69, 9.17) is 11.6 Å². The second-order valence-corrected chi connectivity index (χ2v) is 5.71. The van der Waals surface area contributed by atoms with E-state index in [1.165, 1.54) is 0 Å². The molecule has 112 valence electrons. The Balaban J connectivity index is 2.75. The number of nitrogens with zero attached hydrogens (tertiary/aromatic N) is 1. The lowest BCUT2D eigenvalue weighted by molar-refractivity contribution is -0.139. The molecular weight excluding hydrogens is 344 g/mol. The smallest absolute Gasteiger partial charge is 0.325 e. The van der Waals surface area contributed by atoms with Gasteiger partial charge in [0, 0.05) is 22.6 Å². The van der Waals surface area contributed by atoms with Crippen LogP contribution in [-0.2, 0) is 4.79 Å². The van der Waals surface area contributed by atoms with Gasteiger partial charge in [0.2, 0.25) is 0 Å². The Kier molecular flexibility index (Phi) is 7.51. The lowest BCUT2D eigenvalue weighted by Gasteiger charge is -2.21. The van der Waals surface area contributed by atoms with Gasteiger partial charge in [0.25, 0.3) is 0 Å². The zero-order valence-electron chi connectivity index (χ0n) is 11.7. The van der Waals surface area contributed by atoms with Gasteiger partial charge in [0.15, 0.2) is 0 Å². The molecule has 0 bridgehead atoms. The van der Waals surface area contributed by atoms with Crippen molar-refractivity contribution in [2.45, 2.75) is 19.9 Å². The summed E-state index contributed by atoms with van der Waals surface area (Å²) in [7, 11) is 0. The Morgan fingerprint density at radius 1 is 1.45 bits per heavy atom. The van der Waals surface area contributed by atoms with Gasteiger partial charge in [-0.1, -0.05) is 41.4 Å². The van der Waals surface area contributed by atoms with Crippen LogP contribution in [0.4, 0.5) is 0 Å². The minimum atomic E-state index is -0.910. The van der Waals surface area contributed by atoms with Crippen LogP contribution in [0.25, 0.3) is 0 Å². The van der Waals surface area contributed by atoms with Gasteiger partial charge in [-0.3, -0.25) is 10.1 Å². The molecule has 0 saturated carbocycles. The van der Waals surface area contributed by atoms with Crippen molar-refractivity contribution in [1.82, 2.24) is 10.2 Å². The molecule has 2 N–H and O–H groups in total. The maximum absolute atomic E-state index is 11.4. The Hall–Kier alpha value is -0.620. The molecule has 0 aliphatic rings. The predicted octanol–water partition coefficient (Wildman–Crippen LogP) is 3.16. The van der Waals surface area contributed by atoms with Crippen LogP contribution >= 0.6 is 27.5 Å². The second kappa shape index (κ2) is 8.62. The number of carbonyl (C=O) groups is 1. The summed E-state index contributed by atoms with van der Waals surface area (Å²) in [6.45, 7) is 7.51. The van der Waals surface area contributed by atoms with E-state index in [0.717, 1.165) is 24.1 Å². The first-order chi connectivity index (χ1) is 9.49. The summed E-state index contributed by atoms with van der Waals surface area (Å²) in [5.74, 6) is -0.910. The van der Waals surface area contributed by atoms with Gasteiger partial charge in [0.1, 0.15) is 6.04 Å². The first-order valence-electron chi connectivity index (χ1n) is 6.63. The van der Waals surface area contributed by atoms with Gasteiger partial charge in [-0.05, 0) is 36.9 Å².